The van der Waals surface area contributed by atoms with Crippen LogP contribution >= 0.6 is 0 Å². The molecule has 5 rings (SSSR count). The third kappa shape index (κ3) is 4.81. The molecule has 190 valence electrons. The minimum absolute atomic E-state index is 0.113. The highest BCUT2D eigenvalue weighted by molar-refractivity contribution is 6.14. The van der Waals surface area contributed by atoms with E-state index in [4.69, 9.17) is 0 Å². The first-order valence-corrected chi connectivity index (χ1v) is 12.8. The number of piperidine rings is 1. The maximum Gasteiger partial charge on any atom is 0.257 e. The molecular formula is C27H35N7O2. The smallest absolute Gasteiger partial charge is 0.257 e. The van der Waals surface area contributed by atoms with E-state index in [1.807, 2.05) is 44.7 Å². The number of aromatic nitrogens is 4. The van der Waals surface area contributed by atoms with E-state index >= 15 is 0 Å². The van der Waals surface area contributed by atoms with Gasteiger partial charge in [-0.2, -0.15) is 10.2 Å². The van der Waals surface area contributed by atoms with Crippen LogP contribution in [0.4, 0.5) is 11.4 Å². The third-order valence-corrected chi connectivity index (χ3v) is 7.00. The molecule has 3 heterocycles. The quantitative estimate of drug-likeness (QED) is 0.351. The standard InChI is InChI=1S/C27H35N7O2/c1-4-28-20-9-11-34(12-10-20)24-8-7-22(26-23(24)17-33(3)31-26)27(36)29-21-14-18(6-5-13-35)25-19(15-21)16-32(2)30-25/h7-8,14-17,20,28,35H,4-6,9-13H2,1-3H3,(H,29,36). The molecule has 0 radical (unpaired) electrons. The normalized spacial score (nSPS) is 14.7. The van der Waals surface area contributed by atoms with Crippen molar-refractivity contribution in [2.24, 2.45) is 14.1 Å². The van der Waals surface area contributed by atoms with Gasteiger partial charge in [0.05, 0.1) is 11.1 Å². The van der Waals surface area contributed by atoms with Crippen molar-refractivity contribution < 1.29 is 9.90 Å². The number of rotatable bonds is 8. The van der Waals surface area contributed by atoms with Crippen LogP contribution in [0.25, 0.3) is 21.8 Å². The third-order valence-electron chi connectivity index (χ3n) is 7.00. The number of hydrogen-bond donors (Lipinski definition) is 3. The van der Waals surface area contributed by atoms with E-state index in [1.165, 1.54) is 0 Å². The van der Waals surface area contributed by atoms with Gasteiger partial charge in [0.15, 0.2) is 0 Å². The Morgan fingerprint density at radius 3 is 2.58 bits per heavy atom. The summed E-state index contributed by atoms with van der Waals surface area (Å²) < 4.78 is 3.56. The summed E-state index contributed by atoms with van der Waals surface area (Å²) in [5.74, 6) is -0.188. The van der Waals surface area contributed by atoms with Crippen LogP contribution in [-0.2, 0) is 20.5 Å². The SMILES string of the molecule is CCNC1CCN(c2ccc(C(=O)Nc3cc(CCCO)c4nn(C)cc4c3)c3nn(C)cc23)CC1. The van der Waals surface area contributed by atoms with Crippen LogP contribution < -0.4 is 15.5 Å². The maximum absolute atomic E-state index is 13.5. The average molecular weight is 490 g/mol. The Morgan fingerprint density at radius 1 is 1.08 bits per heavy atom. The van der Waals surface area contributed by atoms with Crippen LogP contribution in [-0.4, -0.2) is 62.9 Å². The molecule has 0 spiro atoms. The van der Waals surface area contributed by atoms with Crippen LogP contribution in [0.15, 0.2) is 36.7 Å². The van der Waals surface area contributed by atoms with Crippen molar-refractivity contribution in [2.75, 3.05) is 36.5 Å². The van der Waals surface area contributed by atoms with Crippen molar-refractivity contribution in [2.45, 2.75) is 38.6 Å². The Bertz CT molecular complexity index is 1380. The molecule has 1 fully saturated rings. The van der Waals surface area contributed by atoms with Gasteiger partial charge in [-0.25, -0.2) is 0 Å². The van der Waals surface area contributed by atoms with E-state index in [1.54, 1.807) is 9.36 Å². The van der Waals surface area contributed by atoms with Crippen LogP contribution in [0.5, 0.6) is 0 Å². The summed E-state index contributed by atoms with van der Waals surface area (Å²) in [4.78, 5) is 15.9. The molecule has 9 heteroatoms. The van der Waals surface area contributed by atoms with Gasteiger partial charge < -0.3 is 20.6 Å². The fourth-order valence-electron chi connectivity index (χ4n) is 5.34. The molecule has 0 atom stereocenters. The molecule has 9 nitrogen and oxygen atoms in total. The highest BCUT2D eigenvalue weighted by Gasteiger charge is 2.23. The molecule has 1 aliphatic heterocycles. The fraction of sp³-hybridized carbons (Fsp3) is 0.444. The minimum atomic E-state index is -0.188. The minimum Gasteiger partial charge on any atom is -0.396 e. The molecule has 1 aliphatic rings. The zero-order valence-electron chi connectivity index (χ0n) is 21.3. The van der Waals surface area contributed by atoms with Crippen LogP contribution in [0.2, 0.25) is 0 Å². The van der Waals surface area contributed by atoms with Gasteiger partial charge in [0.1, 0.15) is 5.52 Å². The van der Waals surface area contributed by atoms with Crippen LogP contribution in [0.1, 0.15) is 42.1 Å². The highest BCUT2D eigenvalue weighted by atomic mass is 16.3. The summed E-state index contributed by atoms with van der Waals surface area (Å²) in [6.07, 6.45) is 7.49. The zero-order valence-corrected chi connectivity index (χ0v) is 21.3. The fourth-order valence-corrected chi connectivity index (χ4v) is 5.34. The molecule has 0 bridgehead atoms. The largest absolute Gasteiger partial charge is 0.396 e. The summed E-state index contributed by atoms with van der Waals surface area (Å²) in [5, 5.41) is 27.1. The molecule has 3 N–H and O–H groups in total. The van der Waals surface area contributed by atoms with Gasteiger partial charge in [-0.15, -0.1) is 0 Å². The summed E-state index contributed by atoms with van der Waals surface area (Å²) in [6.45, 7) is 5.23. The monoisotopic (exact) mass is 489 g/mol. The van der Waals surface area contributed by atoms with Crippen molar-refractivity contribution in [3.63, 3.8) is 0 Å². The number of carbonyl (C=O) groups is 1. The van der Waals surface area contributed by atoms with Gasteiger partial charge in [-0.3, -0.25) is 14.2 Å². The van der Waals surface area contributed by atoms with Crippen LogP contribution in [0, 0.1) is 0 Å². The molecule has 1 saturated heterocycles. The van der Waals surface area contributed by atoms with E-state index in [0.717, 1.165) is 60.0 Å². The molecule has 0 unspecified atom stereocenters. The van der Waals surface area contributed by atoms with Gasteiger partial charge in [-0.1, -0.05) is 6.92 Å². The highest BCUT2D eigenvalue weighted by Crippen LogP contribution is 2.32. The van der Waals surface area contributed by atoms with Gasteiger partial charge >= 0.3 is 0 Å². The zero-order chi connectivity index (χ0) is 25.2. The Morgan fingerprint density at radius 2 is 1.83 bits per heavy atom. The number of aryl methyl sites for hydroxylation is 3. The molecule has 36 heavy (non-hydrogen) atoms. The van der Waals surface area contributed by atoms with E-state index in [0.29, 0.717) is 35.7 Å². The second-order valence-electron chi connectivity index (χ2n) is 9.67. The van der Waals surface area contributed by atoms with E-state index in [9.17, 15) is 9.90 Å². The number of carbonyl (C=O) groups excluding carboxylic acids is 1. The lowest BCUT2D eigenvalue weighted by atomic mass is 10.0. The molecule has 2 aromatic heterocycles. The lowest BCUT2D eigenvalue weighted by molar-refractivity contribution is 0.102. The lowest BCUT2D eigenvalue weighted by Crippen LogP contribution is -2.42. The Kier molecular flexibility index (Phi) is 6.93. The Hall–Kier alpha value is -3.43. The molecule has 4 aromatic rings. The number of nitrogens with zero attached hydrogens (tertiary/aromatic N) is 5. The van der Waals surface area contributed by atoms with Crippen molar-refractivity contribution in [1.29, 1.82) is 0 Å². The number of aliphatic hydroxyl groups excluding tert-OH is 1. The first kappa shape index (κ1) is 24.3. The maximum atomic E-state index is 13.5. The van der Waals surface area contributed by atoms with Gasteiger partial charge in [-0.05, 0) is 62.1 Å². The molecule has 2 aromatic carbocycles. The Balaban J connectivity index is 1.43. The first-order chi connectivity index (χ1) is 17.5. The number of nitrogens with one attached hydrogen (secondary N) is 2. The molecular weight excluding hydrogens is 454 g/mol. The van der Waals surface area contributed by atoms with Gasteiger partial charge in [0.2, 0.25) is 0 Å². The second kappa shape index (κ2) is 10.3. The Labute approximate surface area is 211 Å². The van der Waals surface area contributed by atoms with Crippen LogP contribution in [0.3, 0.4) is 0 Å². The topological polar surface area (TPSA) is 100 Å². The summed E-state index contributed by atoms with van der Waals surface area (Å²) in [7, 11) is 3.78. The summed E-state index contributed by atoms with van der Waals surface area (Å²) in [6, 6.07) is 8.43. The number of hydrogen-bond acceptors (Lipinski definition) is 6. The van der Waals surface area contributed by atoms with E-state index in [2.05, 4.69) is 38.7 Å². The number of anilines is 2. The lowest BCUT2D eigenvalue weighted by Gasteiger charge is -2.34. The average Bonchev–Trinajstić information content (AvgIpc) is 3.44. The van der Waals surface area contributed by atoms with Crippen molar-refractivity contribution in [3.05, 3.63) is 47.8 Å². The number of amides is 1. The van der Waals surface area contributed by atoms with E-state index < -0.39 is 0 Å². The summed E-state index contributed by atoms with van der Waals surface area (Å²) >= 11 is 0. The molecule has 0 saturated carbocycles. The molecule has 0 aliphatic carbocycles. The molecule has 1 amide bonds. The predicted octanol–water partition coefficient (Wildman–Crippen LogP) is 3.22. The number of aliphatic hydroxyl groups is 1. The van der Waals surface area contributed by atoms with E-state index in [-0.39, 0.29) is 12.5 Å². The number of fused-ring (bicyclic) bond motifs is 2. The predicted molar refractivity (Wildman–Crippen MR) is 144 cm³/mol. The second-order valence-corrected chi connectivity index (χ2v) is 9.67. The first-order valence-electron chi connectivity index (χ1n) is 12.8. The summed E-state index contributed by atoms with van der Waals surface area (Å²) in [5.41, 5.74) is 5.03. The number of benzene rings is 2. The van der Waals surface area contributed by atoms with Crippen molar-refractivity contribution in [1.82, 2.24) is 24.9 Å². The van der Waals surface area contributed by atoms with Crippen molar-refractivity contribution in [3.8, 4) is 0 Å². The van der Waals surface area contributed by atoms with Crippen molar-refractivity contribution >= 4 is 39.1 Å². The van der Waals surface area contributed by atoms with Gasteiger partial charge in [0, 0.05) is 74.4 Å². The van der Waals surface area contributed by atoms with Gasteiger partial charge in [0.25, 0.3) is 5.91 Å².